The van der Waals surface area contributed by atoms with Crippen molar-refractivity contribution in [3.63, 3.8) is 0 Å². The Morgan fingerprint density at radius 2 is 2.00 bits per heavy atom. The van der Waals surface area contributed by atoms with E-state index in [9.17, 15) is 9.59 Å². The van der Waals surface area contributed by atoms with Crippen LogP contribution in [0.25, 0.3) is 0 Å². The second-order valence-electron chi connectivity index (χ2n) is 5.13. The lowest BCUT2D eigenvalue weighted by Crippen LogP contribution is -2.41. The largest absolute Gasteiger partial charge is 0.283 e. The number of amides is 2. The van der Waals surface area contributed by atoms with E-state index < -0.39 is 0 Å². The lowest BCUT2D eigenvalue weighted by Gasteiger charge is -2.27. The van der Waals surface area contributed by atoms with Gasteiger partial charge in [0, 0.05) is 19.4 Å². The summed E-state index contributed by atoms with van der Waals surface area (Å²) in [4.78, 5) is 24.6. The van der Waals surface area contributed by atoms with E-state index in [1.54, 1.807) is 0 Å². The highest BCUT2D eigenvalue weighted by atomic mass is 16.2. The number of likely N-dealkylation sites (tertiary alicyclic amines) is 1. The van der Waals surface area contributed by atoms with Crippen molar-refractivity contribution in [3.05, 3.63) is 0 Å². The molecule has 0 atom stereocenters. The van der Waals surface area contributed by atoms with Crippen molar-refractivity contribution in [2.75, 3.05) is 6.54 Å². The molecule has 1 aliphatic heterocycles. The van der Waals surface area contributed by atoms with Crippen LogP contribution in [0, 0.1) is 5.41 Å². The molecule has 0 aromatic heterocycles. The first-order valence-electron chi connectivity index (χ1n) is 5.23. The Morgan fingerprint density at radius 3 is 2.50 bits per heavy atom. The van der Waals surface area contributed by atoms with Crippen LogP contribution in [0.3, 0.4) is 0 Å². The topological polar surface area (TPSA) is 37.4 Å². The maximum atomic E-state index is 11.7. The fourth-order valence-electron chi connectivity index (χ4n) is 1.62. The lowest BCUT2D eigenvalue weighted by molar-refractivity contribution is -0.147. The van der Waals surface area contributed by atoms with E-state index in [4.69, 9.17) is 0 Å². The van der Waals surface area contributed by atoms with Crippen molar-refractivity contribution >= 4 is 11.8 Å². The van der Waals surface area contributed by atoms with Crippen molar-refractivity contribution in [1.82, 2.24) is 4.90 Å². The Balaban J connectivity index is 2.55. The molecule has 0 aliphatic carbocycles. The maximum absolute atomic E-state index is 11.7. The second-order valence-corrected chi connectivity index (χ2v) is 5.13. The van der Waals surface area contributed by atoms with Crippen molar-refractivity contribution in [3.8, 4) is 0 Å². The minimum Gasteiger partial charge on any atom is -0.283 e. The van der Waals surface area contributed by atoms with Crippen LogP contribution in [0.4, 0.5) is 0 Å². The first-order valence-corrected chi connectivity index (χ1v) is 5.23. The smallest absolute Gasteiger partial charge is 0.229 e. The van der Waals surface area contributed by atoms with Gasteiger partial charge in [0.05, 0.1) is 0 Å². The molecule has 0 saturated carbocycles. The highest BCUT2D eigenvalue weighted by molar-refractivity contribution is 5.95. The van der Waals surface area contributed by atoms with Gasteiger partial charge in [-0.2, -0.15) is 0 Å². The van der Waals surface area contributed by atoms with Gasteiger partial charge in [0.2, 0.25) is 11.8 Å². The summed E-state index contributed by atoms with van der Waals surface area (Å²) in [5.41, 5.74) is -0.0329. The molecule has 1 saturated heterocycles. The number of hydrogen-bond donors (Lipinski definition) is 0. The number of nitrogens with zero attached hydrogens (tertiary/aromatic N) is 1. The first-order chi connectivity index (χ1) is 6.40. The summed E-state index contributed by atoms with van der Waals surface area (Å²) in [7, 11) is 0. The Bertz CT molecular complexity index is 240. The van der Waals surface area contributed by atoms with Crippen molar-refractivity contribution in [2.24, 2.45) is 5.41 Å². The van der Waals surface area contributed by atoms with Gasteiger partial charge in [0.1, 0.15) is 0 Å². The molecule has 1 heterocycles. The molecule has 3 heteroatoms. The van der Waals surface area contributed by atoms with Crippen molar-refractivity contribution in [1.29, 1.82) is 0 Å². The third kappa shape index (κ3) is 3.13. The average molecular weight is 197 g/mol. The quantitative estimate of drug-likeness (QED) is 0.644. The van der Waals surface area contributed by atoms with Crippen LogP contribution in [0.5, 0.6) is 0 Å². The molecular weight excluding hydrogens is 178 g/mol. The zero-order valence-electron chi connectivity index (χ0n) is 9.30. The van der Waals surface area contributed by atoms with Crippen LogP contribution in [0.2, 0.25) is 0 Å². The standard InChI is InChI=1S/C11H19NO2/c1-11(2,3)8-10(14)12-7-5-4-6-9(12)13/h4-8H2,1-3H3. The summed E-state index contributed by atoms with van der Waals surface area (Å²) in [5.74, 6) is -0.00676. The molecule has 0 bridgehead atoms. The lowest BCUT2D eigenvalue weighted by atomic mass is 9.91. The number of hydrogen-bond acceptors (Lipinski definition) is 2. The average Bonchev–Trinajstić information content (AvgIpc) is 2.01. The predicted octanol–water partition coefficient (Wildman–Crippen LogP) is 1.96. The zero-order chi connectivity index (χ0) is 10.8. The van der Waals surface area contributed by atoms with Gasteiger partial charge in [0.15, 0.2) is 0 Å². The number of imide groups is 1. The summed E-state index contributed by atoms with van der Waals surface area (Å²) in [5, 5.41) is 0. The first kappa shape index (κ1) is 11.2. The minimum atomic E-state index is -0.0329. The van der Waals surface area contributed by atoms with Gasteiger partial charge >= 0.3 is 0 Å². The molecule has 14 heavy (non-hydrogen) atoms. The minimum absolute atomic E-state index is 0.00509. The van der Waals surface area contributed by atoms with Crippen LogP contribution in [0.1, 0.15) is 46.5 Å². The molecule has 0 aromatic carbocycles. The Kier molecular flexibility index (Phi) is 3.29. The molecule has 2 amide bonds. The summed E-state index contributed by atoms with van der Waals surface area (Å²) in [6.45, 7) is 6.66. The fraction of sp³-hybridized carbons (Fsp3) is 0.818. The summed E-state index contributed by atoms with van der Waals surface area (Å²) in [6.07, 6.45) is 2.88. The van der Waals surface area contributed by atoms with Gasteiger partial charge in [-0.15, -0.1) is 0 Å². The molecule has 0 unspecified atom stereocenters. The highest BCUT2D eigenvalue weighted by Gasteiger charge is 2.27. The number of piperidine rings is 1. The van der Waals surface area contributed by atoms with E-state index in [1.165, 1.54) is 4.90 Å². The van der Waals surface area contributed by atoms with Gasteiger partial charge in [-0.25, -0.2) is 0 Å². The van der Waals surface area contributed by atoms with Gasteiger partial charge in [0.25, 0.3) is 0 Å². The summed E-state index contributed by atoms with van der Waals surface area (Å²) in [6, 6.07) is 0. The predicted molar refractivity (Wildman–Crippen MR) is 54.6 cm³/mol. The van der Waals surface area contributed by atoms with Crippen LogP contribution in [-0.4, -0.2) is 23.3 Å². The van der Waals surface area contributed by atoms with Crippen molar-refractivity contribution in [2.45, 2.75) is 46.5 Å². The molecule has 0 aromatic rings. The Morgan fingerprint density at radius 1 is 1.36 bits per heavy atom. The molecule has 80 valence electrons. The molecule has 1 fully saturated rings. The number of carbonyl (C=O) groups excluding carboxylic acids is 2. The van der Waals surface area contributed by atoms with Crippen LogP contribution >= 0.6 is 0 Å². The van der Waals surface area contributed by atoms with Gasteiger partial charge in [-0.05, 0) is 18.3 Å². The Labute approximate surface area is 85.5 Å². The van der Waals surface area contributed by atoms with E-state index in [-0.39, 0.29) is 17.2 Å². The SMILES string of the molecule is CC(C)(C)CC(=O)N1CCCCC1=O. The normalized spacial score (nSPS) is 18.5. The van der Waals surface area contributed by atoms with Crippen LogP contribution in [-0.2, 0) is 9.59 Å². The van der Waals surface area contributed by atoms with Crippen LogP contribution in [0.15, 0.2) is 0 Å². The summed E-state index contributed by atoms with van der Waals surface area (Å²) < 4.78 is 0. The van der Waals surface area contributed by atoms with E-state index in [2.05, 4.69) is 0 Å². The Hall–Kier alpha value is -0.860. The molecule has 0 N–H and O–H groups in total. The molecule has 1 aliphatic rings. The molecule has 1 rings (SSSR count). The second kappa shape index (κ2) is 4.11. The monoisotopic (exact) mass is 197 g/mol. The fourth-order valence-corrected chi connectivity index (χ4v) is 1.62. The molecule has 0 spiro atoms. The summed E-state index contributed by atoms with van der Waals surface area (Å²) >= 11 is 0. The number of rotatable bonds is 1. The third-order valence-corrected chi connectivity index (χ3v) is 2.31. The van der Waals surface area contributed by atoms with Crippen LogP contribution < -0.4 is 0 Å². The van der Waals surface area contributed by atoms with E-state index in [0.29, 0.717) is 19.4 Å². The van der Waals surface area contributed by atoms with E-state index >= 15 is 0 Å². The maximum Gasteiger partial charge on any atom is 0.229 e. The highest BCUT2D eigenvalue weighted by Crippen LogP contribution is 2.21. The van der Waals surface area contributed by atoms with Gasteiger partial charge in [-0.1, -0.05) is 20.8 Å². The zero-order valence-corrected chi connectivity index (χ0v) is 9.30. The van der Waals surface area contributed by atoms with E-state index in [1.807, 2.05) is 20.8 Å². The molecule has 0 radical (unpaired) electrons. The number of carbonyl (C=O) groups is 2. The van der Waals surface area contributed by atoms with Gasteiger partial charge < -0.3 is 0 Å². The van der Waals surface area contributed by atoms with Gasteiger partial charge in [-0.3, -0.25) is 14.5 Å². The molecule has 3 nitrogen and oxygen atoms in total. The molecular formula is C11H19NO2. The third-order valence-electron chi connectivity index (χ3n) is 2.31. The van der Waals surface area contributed by atoms with Crippen molar-refractivity contribution < 1.29 is 9.59 Å². The van der Waals surface area contributed by atoms with E-state index in [0.717, 1.165) is 12.8 Å².